The molecule has 2 rings (SSSR count). The van der Waals surface area contributed by atoms with Gasteiger partial charge in [0.2, 0.25) is 0 Å². The van der Waals surface area contributed by atoms with E-state index in [0.29, 0.717) is 11.3 Å². The molecule has 0 amide bonds. The first kappa shape index (κ1) is 11.0. The molecular formula is C12H15NO3. The average molecular weight is 221 g/mol. The molecule has 0 saturated carbocycles. The second-order valence-corrected chi connectivity index (χ2v) is 3.91. The van der Waals surface area contributed by atoms with E-state index < -0.39 is 5.97 Å². The predicted molar refractivity (Wildman–Crippen MR) is 59.9 cm³/mol. The van der Waals surface area contributed by atoms with Crippen LogP contribution in [0.25, 0.3) is 0 Å². The van der Waals surface area contributed by atoms with Crippen LogP contribution >= 0.6 is 0 Å². The van der Waals surface area contributed by atoms with Crippen LogP contribution in [-0.4, -0.2) is 24.7 Å². The molecule has 1 aromatic rings. The van der Waals surface area contributed by atoms with Crippen molar-refractivity contribution in [2.75, 3.05) is 13.7 Å². The summed E-state index contributed by atoms with van der Waals surface area (Å²) in [5.74, 6) is -0.318. The maximum absolute atomic E-state index is 11.2. The highest BCUT2D eigenvalue weighted by Gasteiger charge is 2.22. The number of carboxylic acids is 1. The van der Waals surface area contributed by atoms with E-state index >= 15 is 0 Å². The lowest BCUT2D eigenvalue weighted by Crippen LogP contribution is -2.16. The summed E-state index contributed by atoms with van der Waals surface area (Å²) in [4.78, 5) is 11.2. The molecule has 4 heteroatoms. The number of hydrogen-bond acceptors (Lipinski definition) is 3. The first-order chi connectivity index (χ1) is 7.72. The number of aromatic carboxylic acids is 1. The van der Waals surface area contributed by atoms with Crippen molar-refractivity contribution < 1.29 is 14.6 Å². The van der Waals surface area contributed by atoms with Crippen LogP contribution in [0.15, 0.2) is 18.2 Å². The second kappa shape index (κ2) is 4.53. The molecule has 1 saturated heterocycles. The van der Waals surface area contributed by atoms with Gasteiger partial charge in [0.05, 0.1) is 12.7 Å². The Labute approximate surface area is 94.2 Å². The highest BCUT2D eigenvalue weighted by molar-refractivity contribution is 5.90. The Morgan fingerprint density at radius 3 is 2.94 bits per heavy atom. The lowest BCUT2D eigenvalue weighted by atomic mass is 9.99. The third-order valence-electron chi connectivity index (χ3n) is 2.93. The second-order valence-electron chi connectivity index (χ2n) is 3.91. The minimum atomic E-state index is -0.900. The summed E-state index contributed by atoms with van der Waals surface area (Å²) in [6.07, 6.45) is 2.09. The lowest BCUT2D eigenvalue weighted by molar-refractivity contribution is 0.0694. The van der Waals surface area contributed by atoms with E-state index in [1.54, 1.807) is 6.07 Å². The Balaban J connectivity index is 2.39. The molecule has 2 N–H and O–H groups in total. The van der Waals surface area contributed by atoms with Gasteiger partial charge in [0.15, 0.2) is 0 Å². The fourth-order valence-corrected chi connectivity index (χ4v) is 2.10. The number of methoxy groups -OCH3 is 1. The molecule has 1 aliphatic heterocycles. The number of benzene rings is 1. The largest absolute Gasteiger partial charge is 0.497 e. The van der Waals surface area contributed by atoms with Crippen LogP contribution in [0.1, 0.15) is 34.8 Å². The predicted octanol–water partition coefficient (Wildman–Crippen LogP) is 1.82. The van der Waals surface area contributed by atoms with Gasteiger partial charge in [0.25, 0.3) is 0 Å². The van der Waals surface area contributed by atoms with Crippen molar-refractivity contribution in [3.8, 4) is 5.75 Å². The van der Waals surface area contributed by atoms with Crippen molar-refractivity contribution in [1.82, 2.24) is 5.32 Å². The quantitative estimate of drug-likeness (QED) is 0.817. The zero-order valence-electron chi connectivity index (χ0n) is 9.19. The third kappa shape index (κ3) is 2.02. The number of carboxylic acid groups (broad SMARTS) is 1. The molecule has 1 aromatic carbocycles. The van der Waals surface area contributed by atoms with E-state index in [1.165, 1.54) is 7.11 Å². The zero-order valence-corrected chi connectivity index (χ0v) is 9.19. The number of hydrogen-bond donors (Lipinski definition) is 2. The van der Waals surface area contributed by atoms with E-state index in [9.17, 15) is 4.79 Å². The first-order valence-corrected chi connectivity index (χ1v) is 5.37. The highest BCUT2D eigenvalue weighted by atomic mass is 16.5. The zero-order chi connectivity index (χ0) is 11.5. The van der Waals surface area contributed by atoms with Gasteiger partial charge >= 0.3 is 5.97 Å². The molecule has 0 bridgehead atoms. The molecule has 16 heavy (non-hydrogen) atoms. The average Bonchev–Trinajstić information content (AvgIpc) is 2.81. The van der Waals surface area contributed by atoms with E-state index in [4.69, 9.17) is 9.84 Å². The topological polar surface area (TPSA) is 58.6 Å². The Morgan fingerprint density at radius 2 is 2.38 bits per heavy atom. The molecule has 0 unspecified atom stereocenters. The van der Waals surface area contributed by atoms with Gasteiger partial charge in [-0.05, 0) is 37.1 Å². The van der Waals surface area contributed by atoms with Gasteiger partial charge in [0.1, 0.15) is 5.75 Å². The molecule has 86 valence electrons. The Kier molecular flexibility index (Phi) is 3.10. The summed E-state index contributed by atoms with van der Waals surface area (Å²) in [5.41, 5.74) is 1.18. The molecule has 1 aliphatic rings. The van der Waals surface area contributed by atoms with Gasteiger partial charge in [-0.3, -0.25) is 0 Å². The van der Waals surface area contributed by atoms with Crippen LogP contribution in [0, 0.1) is 0 Å². The van der Waals surface area contributed by atoms with E-state index in [2.05, 4.69) is 5.32 Å². The van der Waals surface area contributed by atoms with Crippen LogP contribution in [0.3, 0.4) is 0 Å². The van der Waals surface area contributed by atoms with E-state index in [0.717, 1.165) is 24.9 Å². The van der Waals surface area contributed by atoms with Crippen LogP contribution in [-0.2, 0) is 0 Å². The minimum Gasteiger partial charge on any atom is -0.497 e. The van der Waals surface area contributed by atoms with Crippen molar-refractivity contribution in [3.05, 3.63) is 29.3 Å². The molecule has 4 nitrogen and oxygen atoms in total. The molecule has 0 spiro atoms. The highest BCUT2D eigenvalue weighted by Crippen LogP contribution is 2.28. The summed E-state index contributed by atoms with van der Waals surface area (Å²) >= 11 is 0. The Hall–Kier alpha value is -1.55. The van der Waals surface area contributed by atoms with Crippen LogP contribution in [0.2, 0.25) is 0 Å². The molecule has 0 radical (unpaired) electrons. The fraction of sp³-hybridized carbons (Fsp3) is 0.417. The molecule has 0 aromatic heterocycles. The van der Waals surface area contributed by atoms with Crippen molar-refractivity contribution in [2.45, 2.75) is 18.9 Å². The van der Waals surface area contributed by atoms with Gasteiger partial charge in [-0.1, -0.05) is 6.07 Å². The fourth-order valence-electron chi connectivity index (χ4n) is 2.10. The normalized spacial score (nSPS) is 19.7. The molecule has 0 aliphatic carbocycles. The van der Waals surface area contributed by atoms with Gasteiger partial charge in [-0.25, -0.2) is 4.79 Å². The van der Waals surface area contributed by atoms with Gasteiger partial charge in [-0.15, -0.1) is 0 Å². The van der Waals surface area contributed by atoms with Gasteiger partial charge in [0, 0.05) is 6.04 Å². The number of carbonyl (C=O) groups is 1. The van der Waals surface area contributed by atoms with Crippen molar-refractivity contribution in [1.29, 1.82) is 0 Å². The molecular weight excluding hydrogens is 206 g/mol. The third-order valence-corrected chi connectivity index (χ3v) is 2.93. The molecule has 1 heterocycles. The maximum atomic E-state index is 11.2. The summed E-state index contributed by atoms with van der Waals surface area (Å²) < 4.78 is 5.04. The monoisotopic (exact) mass is 221 g/mol. The summed E-state index contributed by atoms with van der Waals surface area (Å²) in [7, 11) is 1.54. The van der Waals surface area contributed by atoms with Crippen molar-refractivity contribution >= 4 is 5.97 Å². The summed E-state index contributed by atoms with van der Waals surface area (Å²) in [5, 5.41) is 12.5. The lowest BCUT2D eigenvalue weighted by Gasteiger charge is -2.14. The summed E-state index contributed by atoms with van der Waals surface area (Å²) in [6.45, 7) is 0.954. The number of nitrogens with one attached hydrogen (secondary N) is 1. The van der Waals surface area contributed by atoms with Crippen molar-refractivity contribution in [2.24, 2.45) is 0 Å². The van der Waals surface area contributed by atoms with Crippen LogP contribution < -0.4 is 10.1 Å². The Bertz CT molecular complexity index is 397. The first-order valence-electron chi connectivity index (χ1n) is 5.37. The van der Waals surface area contributed by atoms with E-state index in [1.807, 2.05) is 12.1 Å². The summed E-state index contributed by atoms with van der Waals surface area (Å²) in [6, 6.07) is 5.39. The molecule has 1 atom stereocenters. The van der Waals surface area contributed by atoms with Gasteiger partial charge < -0.3 is 15.2 Å². The SMILES string of the molecule is COc1ccc([C@H]2CCCN2)c(C(=O)O)c1. The number of rotatable bonds is 3. The molecule has 1 fully saturated rings. The van der Waals surface area contributed by atoms with Gasteiger partial charge in [-0.2, -0.15) is 0 Å². The Morgan fingerprint density at radius 1 is 1.56 bits per heavy atom. The van der Waals surface area contributed by atoms with E-state index in [-0.39, 0.29) is 6.04 Å². The number of ether oxygens (including phenoxy) is 1. The van der Waals surface area contributed by atoms with Crippen LogP contribution in [0.5, 0.6) is 5.75 Å². The maximum Gasteiger partial charge on any atom is 0.336 e. The standard InChI is InChI=1S/C12H15NO3/c1-16-8-4-5-9(10(7-8)12(14)15)11-3-2-6-13-11/h4-5,7,11,13H,2-3,6H2,1H3,(H,14,15)/t11-/m1/s1. The smallest absolute Gasteiger partial charge is 0.336 e. The van der Waals surface area contributed by atoms with Crippen molar-refractivity contribution in [3.63, 3.8) is 0 Å². The van der Waals surface area contributed by atoms with Crippen LogP contribution in [0.4, 0.5) is 0 Å². The minimum absolute atomic E-state index is 0.164.